The van der Waals surface area contributed by atoms with Gasteiger partial charge in [-0.3, -0.25) is 0 Å². The van der Waals surface area contributed by atoms with Crippen molar-refractivity contribution in [3.8, 4) is 17.3 Å². The Hall–Kier alpha value is -2.20. The van der Waals surface area contributed by atoms with E-state index in [1.165, 1.54) is 18.2 Å². The zero-order valence-corrected chi connectivity index (χ0v) is 10.6. The second-order valence-electron chi connectivity index (χ2n) is 3.92. The van der Waals surface area contributed by atoms with E-state index in [2.05, 4.69) is 4.98 Å². The van der Waals surface area contributed by atoms with Crippen molar-refractivity contribution in [1.29, 1.82) is 5.26 Å². The van der Waals surface area contributed by atoms with Gasteiger partial charge in [-0.25, -0.2) is 4.39 Å². The molecular formula is C13H6F4N2S. The van der Waals surface area contributed by atoms with Crippen LogP contribution in [0.4, 0.5) is 17.6 Å². The summed E-state index contributed by atoms with van der Waals surface area (Å²) in [6.45, 7) is 0. The zero-order valence-electron chi connectivity index (χ0n) is 9.75. The van der Waals surface area contributed by atoms with Crippen LogP contribution >= 0.6 is 12.2 Å². The first kappa shape index (κ1) is 14.2. The molecule has 1 aromatic heterocycles. The molecule has 0 radical (unpaired) electrons. The number of nitrogens with zero attached hydrogens (tertiary/aromatic N) is 1. The van der Waals surface area contributed by atoms with Crippen LogP contribution in [0.2, 0.25) is 0 Å². The molecule has 0 bridgehead atoms. The third-order valence-corrected chi connectivity index (χ3v) is 2.91. The lowest BCUT2D eigenvalue weighted by molar-refractivity contribution is -0.137. The lowest BCUT2D eigenvalue weighted by Crippen LogP contribution is -2.09. The average molecular weight is 298 g/mol. The van der Waals surface area contributed by atoms with E-state index >= 15 is 0 Å². The van der Waals surface area contributed by atoms with Crippen molar-refractivity contribution in [1.82, 2.24) is 4.98 Å². The Bertz CT molecular complexity index is 739. The fraction of sp³-hybridized carbons (Fsp3) is 0.0769. The number of alkyl halides is 3. The van der Waals surface area contributed by atoms with E-state index < -0.39 is 23.1 Å². The molecule has 0 aliphatic carbocycles. The summed E-state index contributed by atoms with van der Waals surface area (Å²) >= 11 is 4.77. The second kappa shape index (κ2) is 5.06. The van der Waals surface area contributed by atoms with Crippen molar-refractivity contribution < 1.29 is 17.6 Å². The molecule has 0 saturated carbocycles. The third kappa shape index (κ3) is 2.70. The minimum atomic E-state index is -4.69. The molecule has 0 amide bonds. The number of aromatic amines is 1. The maximum atomic E-state index is 12.9. The van der Waals surface area contributed by atoms with Gasteiger partial charge < -0.3 is 4.98 Å². The Kier molecular flexibility index (Phi) is 3.59. The summed E-state index contributed by atoms with van der Waals surface area (Å²) in [5.74, 6) is -0.503. The van der Waals surface area contributed by atoms with E-state index in [0.29, 0.717) is 5.56 Å². The molecule has 1 N–H and O–H groups in total. The quantitative estimate of drug-likeness (QED) is 0.624. The van der Waals surface area contributed by atoms with Gasteiger partial charge in [0.1, 0.15) is 16.5 Å². The molecule has 2 aromatic rings. The van der Waals surface area contributed by atoms with Crippen molar-refractivity contribution in [2.45, 2.75) is 6.18 Å². The van der Waals surface area contributed by atoms with Crippen LogP contribution in [0.25, 0.3) is 11.3 Å². The summed E-state index contributed by atoms with van der Waals surface area (Å²) in [7, 11) is 0. The third-order valence-electron chi connectivity index (χ3n) is 2.61. The van der Waals surface area contributed by atoms with Gasteiger partial charge in [0.25, 0.3) is 0 Å². The topological polar surface area (TPSA) is 39.6 Å². The van der Waals surface area contributed by atoms with Crippen molar-refractivity contribution >= 4 is 12.2 Å². The van der Waals surface area contributed by atoms with E-state index in [0.717, 1.165) is 18.2 Å². The molecule has 1 heterocycles. The van der Waals surface area contributed by atoms with Crippen molar-refractivity contribution in [2.24, 2.45) is 0 Å². The lowest BCUT2D eigenvalue weighted by Gasteiger charge is -2.11. The summed E-state index contributed by atoms with van der Waals surface area (Å²) in [4.78, 5) is 2.54. The molecule has 102 valence electrons. The van der Waals surface area contributed by atoms with Crippen LogP contribution in [-0.4, -0.2) is 4.98 Å². The second-order valence-corrected chi connectivity index (χ2v) is 4.33. The van der Waals surface area contributed by atoms with Gasteiger partial charge >= 0.3 is 6.18 Å². The van der Waals surface area contributed by atoms with E-state index in [4.69, 9.17) is 17.5 Å². The SMILES string of the molecule is N#Cc1c(C(F)(F)F)cc(-c2ccc(F)cc2)[nH]c1=S. The van der Waals surface area contributed by atoms with Crippen LogP contribution in [-0.2, 0) is 6.18 Å². The Morgan fingerprint density at radius 2 is 1.75 bits per heavy atom. The number of hydrogen-bond donors (Lipinski definition) is 1. The molecule has 0 saturated heterocycles. The summed E-state index contributed by atoms with van der Waals surface area (Å²) in [6.07, 6.45) is -4.69. The molecule has 20 heavy (non-hydrogen) atoms. The molecule has 2 rings (SSSR count). The average Bonchev–Trinajstić information content (AvgIpc) is 2.37. The molecule has 0 spiro atoms. The van der Waals surface area contributed by atoms with Gasteiger partial charge in [-0.15, -0.1) is 0 Å². The first-order chi connectivity index (χ1) is 9.32. The maximum Gasteiger partial charge on any atom is 0.417 e. The predicted molar refractivity (Wildman–Crippen MR) is 66.7 cm³/mol. The van der Waals surface area contributed by atoms with Crippen LogP contribution in [0.3, 0.4) is 0 Å². The molecule has 0 fully saturated rings. The Morgan fingerprint density at radius 3 is 2.25 bits per heavy atom. The number of aromatic nitrogens is 1. The number of pyridine rings is 1. The summed E-state index contributed by atoms with van der Waals surface area (Å²) in [5.41, 5.74) is -1.32. The predicted octanol–water partition coefficient (Wildman–Crippen LogP) is 4.44. The molecule has 0 aliphatic heterocycles. The largest absolute Gasteiger partial charge is 0.417 e. The summed E-state index contributed by atoms with van der Waals surface area (Å²) in [5, 5.41) is 8.77. The van der Waals surface area contributed by atoms with Crippen molar-refractivity contribution in [3.63, 3.8) is 0 Å². The highest BCUT2D eigenvalue weighted by molar-refractivity contribution is 7.71. The molecule has 0 aliphatic rings. The van der Waals surface area contributed by atoms with Gasteiger partial charge in [0.05, 0.1) is 11.1 Å². The fourth-order valence-electron chi connectivity index (χ4n) is 1.68. The van der Waals surface area contributed by atoms with E-state index in [-0.39, 0.29) is 10.3 Å². The number of nitrogens with one attached hydrogen (secondary N) is 1. The van der Waals surface area contributed by atoms with Crippen molar-refractivity contribution in [2.75, 3.05) is 0 Å². The smallest absolute Gasteiger partial charge is 0.345 e. The highest BCUT2D eigenvalue weighted by Crippen LogP contribution is 2.34. The Morgan fingerprint density at radius 1 is 1.15 bits per heavy atom. The standard InChI is InChI=1S/C13H6F4N2S/c14-8-3-1-7(2-4-8)11-5-10(13(15,16)17)9(6-18)12(20)19-11/h1-5H,(H,19,20). The van der Waals surface area contributed by atoms with Crippen molar-refractivity contribution in [3.05, 3.63) is 51.9 Å². The summed E-state index contributed by atoms with van der Waals surface area (Å²) < 4.78 is 51.2. The summed E-state index contributed by atoms with van der Waals surface area (Å²) in [6, 6.07) is 7.12. The Balaban J connectivity index is 2.69. The van der Waals surface area contributed by atoms with Gasteiger partial charge in [0, 0.05) is 5.69 Å². The minimum absolute atomic E-state index is 0.0707. The number of hydrogen-bond acceptors (Lipinski definition) is 2. The lowest BCUT2D eigenvalue weighted by atomic mass is 10.1. The van der Waals surface area contributed by atoms with Crippen LogP contribution in [0, 0.1) is 21.8 Å². The number of halogens is 4. The maximum absolute atomic E-state index is 12.9. The van der Waals surface area contributed by atoms with Crippen LogP contribution < -0.4 is 0 Å². The molecule has 7 heteroatoms. The van der Waals surface area contributed by atoms with E-state index in [1.54, 1.807) is 0 Å². The zero-order chi connectivity index (χ0) is 14.9. The van der Waals surface area contributed by atoms with Crippen LogP contribution in [0.15, 0.2) is 30.3 Å². The molecule has 2 nitrogen and oxygen atoms in total. The van der Waals surface area contributed by atoms with Gasteiger partial charge in [-0.05, 0) is 35.9 Å². The monoisotopic (exact) mass is 298 g/mol. The van der Waals surface area contributed by atoms with E-state index in [1.807, 2.05) is 0 Å². The van der Waals surface area contributed by atoms with Gasteiger partial charge in [-0.1, -0.05) is 12.2 Å². The first-order valence-corrected chi connectivity index (χ1v) is 5.74. The van der Waals surface area contributed by atoms with Crippen LogP contribution in [0.5, 0.6) is 0 Å². The molecule has 0 atom stereocenters. The number of nitriles is 1. The molecule has 0 unspecified atom stereocenters. The number of rotatable bonds is 1. The minimum Gasteiger partial charge on any atom is -0.345 e. The Labute approximate surface area is 116 Å². The number of benzene rings is 1. The van der Waals surface area contributed by atoms with Gasteiger partial charge in [-0.2, -0.15) is 18.4 Å². The normalized spacial score (nSPS) is 11.2. The van der Waals surface area contributed by atoms with Gasteiger partial charge in [0.15, 0.2) is 0 Å². The van der Waals surface area contributed by atoms with E-state index in [9.17, 15) is 17.6 Å². The highest BCUT2D eigenvalue weighted by atomic mass is 32.1. The first-order valence-electron chi connectivity index (χ1n) is 5.33. The van der Waals surface area contributed by atoms with Crippen LogP contribution in [0.1, 0.15) is 11.1 Å². The van der Waals surface area contributed by atoms with Gasteiger partial charge in [0.2, 0.25) is 0 Å². The fourth-order valence-corrected chi connectivity index (χ4v) is 1.94. The number of H-pyrrole nitrogens is 1. The molecule has 1 aromatic carbocycles. The molecular weight excluding hydrogens is 292 g/mol. The highest BCUT2D eigenvalue weighted by Gasteiger charge is 2.34.